The van der Waals surface area contributed by atoms with E-state index in [-0.39, 0.29) is 25.2 Å². The minimum Gasteiger partial charge on any atom is -0.462 e. The van der Waals surface area contributed by atoms with Crippen molar-refractivity contribution in [3.8, 4) is 0 Å². The van der Waals surface area contributed by atoms with E-state index in [4.69, 9.17) is 9.47 Å². The molecule has 0 aliphatic rings. The number of carbonyl (C=O) groups excluding carboxylic acids is 2. The first-order valence-corrected chi connectivity index (χ1v) is 35.6. The number of carbonyl (C=O) groups is 2. The topological polar surface area (TPSA) is 72.8 Å². The van der Waals surface area contributed by atoms with Crippen molar-refractivity contribution < 1.29 is 24.2 Å². The summed E-state index contributed by atoms with van der Waals surface area (Å²) in [4.78, 5) is 24.7. The molecule has 0 aliphatic heterocycles. The zero-order valence-corrected chi connectivity index (χ0v) is 54.7. The van der Waals surface area contributed by atoms with E-state index >= 15 is 0 Å². The van der Waals surface area contributed by atoms with Gasteiger partial charge in [0.2, 0.25) is 0 Å². The predicted molar refractivity (Wildman–Crippen MR) is 366 cm³/mol. The van der Waals surface area contributed by atoms with Gasteiger partial charge in [-0.2, -0.15) is 0 Å². The van der Waals surface area contributed by atoms with E-state index in [0.717, 1.165) is 109 Å². The lowest BCUT2D eigenvalue weighted by Gasteiger charge is -2.15. The Morgan fingerprint density at radius 2 is 0.518 bits per heavy atom. The number of aliphatic hydroxyl groups is 1. The van der Waals surface area contributed by atoms with E-state index in [1.165, 1.54) is 205 Å². The van der Waals surface area contributed by atoms with E-state index in [1.54, 1.807) is 0 Å². The molecule has 476 valence electrons. The summed E-state index contributed by atoms with van der Waals surface area (Å²) in [7, 11) is 0. The molecule has 0 saturated carbocycles. The molecule has 5 heteroatoms. The predicted octanol–water partition coefficient (Wildman–Crippen LogP) is 24.9. The average molecular weight is 1150 g/mol. The van der Waals surface area contributed by atoms with Crippen LogP contribution in [0.5, 0.6) is 0 Å². The number of ether oxygens (including phenoxy) is 2. The molecule has 0 aromatic carbocycles. The summed E-state index contributed by atoms with van der Waals surface area (Å²) < 4.78 is 10.8. The minimum atomic E-state index is -0.784. The average Bonchev–Trinajstić information content (AvgIpc) is 3.49. The molecule has 0 heterocycles. The Kier molecular flexibility index (Phi) is 69.3. The molecule has 1 unspecified atom stereocenters. The van der Waals surface area contributed by atoms with Gasteiger partial charge >= 0.3 is 11.9 Å². The Bertz CT molecular complexity index is 1640. The van der Waals surface area contributed by atoms with Gasteiger partial charge in [0.1, 0.15) is 6.61 Å². The maximum absolute atomic E-state index is 12.4. The molecule has 0 amide bonds. The van der Waals surface area contributed by atoms with Gasteiger partial charge in [-0.25, -0.2) is 0 Å². The van der Waals surface area contributed by atoms with Crippen LogP contribution in [0, 0.1) is 0 Å². The Hall–Kier alpha value is -3.70. The van der Waals surface area contributed by atoms with Crippen LogP contribution in [0.15, 0.2) is 122 Å². The number of aliphatic hydroxyl groups excluding tert-OH is 1. The molecule has 1 N–H and O–H groups in total. The van der Waals surface area contributed by atoms with E-state index in [2.05, 4.69) is 135 Å². The molecular formula is C78H134O5. The lowest BCUT2D eigenvalue weighted by atomic mass is 10.0. The summed E-state index contributed by atoms with van der Waals surface area (Å²) in [5.74, 6) is -0.592. The Morgan fingerprint density at radius 3 is 0.783 bits per heavy atom. The van der Waals surface area contributed by atoms with Gasteiger partial charge in [-0.05, 0) is 89.9 Å². The number of hydrogen-bond acceptors (Lipinski definition) is 5. The molecule has 1 atom stereocenters. The molecular weight excluding hydrogens is 1020 g/mol. The zero-order chi connectivity index (χ0) is 59.8. The van der Waals surface area contributed by atoms with Gasteiger partial charge in [0, 0.05) is 12.8 Å². The van der Waals surface area contributed by atoms with E-state index in [1.807, 2.05) is 0 Å². The van der Waals surface area contributed by atoms with Gasteiger partial charge in [-0.1, -0.05) is 360 Å². The summed E-state index contributed by atoms with van der Waals surface area (Å²) in [5.41, 5.74) is 0. The molecule has 0 saturated heterocycles. The number of esters is 2. The summed E-state index contributed by atoms with van der Waals surface area (Å²) in [5, 5.41) is 9.70. The monoisotopic (exact) mass is 1150 g/mol. The first kappa shape index (κ1) is 79.3. The Balaban J connectivity index is 3.52. The van der Waals surface area contributed by atoms with Gasteiger partial charge in [0.05, 0.1) is 6.61 Å². The molecule has 0 radical (unpaired) electrons. The first-order chi connectivity index (χ1) is 41.1. The van der Waals surface area contributed by atoms with Gasteiger partial charge in [0.15, 0.2) is 6.10 Å². The third-order valence-electron chi connectivity index (χ3n) is 15.5. The first-order valence-electron chi connectivity index (χ1n) is 35.6. The van der Waals surface area contributed by atoms with Crippen LogP contribution in [0.3, 0.4) is 0 Å². The van der Waals surface area contributed by atoms with Crippen LogP contribution in [0.2, 0.25) is 0 Å². The number of rotatable bonds is 65. The van der Waals surface area contributed by atoms with Crippen LogP contribution in [0.1, 0.15) is 341 Å². The van der Waals surface area contributed by atoms with Crippen molar-refractivity contribution in [1.82, 2.24) is 0 Å². The van der Waals surface area contributed by atoms with Gasteiger partial charge in [-0.15, -0.1) is 0 Å². The smallest absolute Gasteiger partial charge is 0.306 e. The van der Waals surface area contributed by atoms with Gasteiger partial charge < -0.3 is 14.6 Å². The summed E-state index contributed by atoms with van der Waals surface area (Å²) >= 11 is 0. The number of unbranched alkanes of at least 4 members (excludes halogenated alkanes) is 37. The molecule has 0 spiro atoms. The highest BCUT2D eigenvalue weighted by Gasteiger charge is 2.16. The minimum absolute atomic E-state index is 0.0713. The lowest BCUT2D eigenvalue weighted by molar-refractivity contribution is -0.161. The highest BCUT2D eigenvalue weighted by Crippen LogP contribution is 2.18. The molecule has 0 bridgehead atoms. The van der Waals surface area contributed by atoms with E-state index < -0.39 is 6.10 Å². The zero-order valence-electron chi connectivity index (χ0n) is 54.7. The maximum Gasteiger partial charge on any atom is 0.306 e. The van der Waals surface area contributed by atoms with E-state index in [0.29, 0.717) is 12.8 Å². The van der Waals surface area contributed by atoms with Gasteiger partial charge in [0.25, 0.3) is 0 Å². The number of allylic oxidation sites excluding steroid dienone is 20. The molecule has 0 fully saturated rings. The van der Waals surface area contributed by atoms with Crippen molar-refractivity contribution in [2.24, 2.45) is 0 Å². The third kappa shape index (κ3) is 70.7. The SMILES string of the molecule is CC/C=C\C/C=C\C/C=C\C/C=C\C/C=C\C/C=C\C/C=C\C/C=C\C/C=C\C/C=C\CCCCCCCCCCC(=O)OC(CO)COC(=O)CCCCCCCCCCCCCCCCCCCCCCCCCCCCCCCC. The fraction of sp³-hybridized carbons (Fsp3) is 0.718. The van der Waals surface area contributed by atoms with Crippen LogP contribution < -0.4 is 0 Å². The summed E-state index contributed by atoms with van der Waals surface area (Å²) in [6, 6.07) is 0. The van der Waals surface area contributed by atoms with Crippen molar-refractivity contribution in [3.63, 3.8) is 0 Å². The van der Waals surface area contributed by atoms with E-state index in [9.17, 15) is 14.7 Å². The Labute approximate surface area is 515 Å². The second-order valence-corrected chi connectivity index (χ2v) is 23.6. The molecule has 0 aromatic heterocycles. The highest BCUT2D eigenvalue weighted by molar-refractivity contribution is 5.70. The van der Waals surface area contributed by atoms with Crippen LogP contribution in [-0.2, 0) is 19.1 Å². The quantitative estimate of drug-likeness (QED) is 0.0373. The molecule has 0 aliphatic carbocycles. The number of hydrogen-bond donors (Lipinski definition) is 1. The Morgan fingerprint density at radius 1 is 0.289 bits per heavy atom. The fourth-order valence-electron chi connectivity index (χ4n) is 10.2. The van der Waals surface area contributed by atoms with Crippen LogP contribution in [-0.4, -0.2) is 36.4 Å². The van der Waals surface area contributed by atoms with Crippen LogP contribution >= 0.6 is 0 Å². The van der Waals surface area contributed by atoms with Crippen molar-refractivity contribution in [3.05, 3.63) is 122 Å². The fourth-order valence-corrected chi connectivity index (χ4v) is 10.2. The van der Waals surface area contributed by atoms with Gasteiger partial charge in [-0.3, -0.25) is 9.59 Å². The maximum atomic E-state index is 12.4. The second-order valence-electron chi connectivity index (χ2n) is 23.6. The third-order valence-corrected chi connectivity index (χ3v) is 15.5. The van der Waals surface area contributed by atoms with Crippen molar-refractivity contribution in [2.45, 2.75) is 347 Å². The summed E-state index contributed by atoms with van der Waals surface area (Å²) in [6.45, 7) is 4.06. The molecule has 5 nitrogen and oxygen atoms in total. The van der Waals surface area contributed by atoms with Crippen molar-refractivity contribution in [1.29, 1.82) is 0 Å². The normalized spacial score (nSPS) is 13.0. The van der Waals surface area contributed by atoms with Crippen LogP contribution in [0.4, 0.5) is 0 Å². The standard InChI is InChI=1S/C78H134O5/c1-3-5-7-9-11-13-15-17-19-21-23-25-27-29-31-33-35-36-37-38-39-40-41-42-43-45-47-49-51-53-55-57-59-61-63-65-67-69-71-73-78(81)83-76(74-79)75-82-77(80)72-70-68-66-64-62-60-58-56-54-52-50-48-46-44-34-32-30-28-26-24-22-20-18-16-14-12-10-8-6-4-2/h5,7,11,13,17,19,23,25,29,31,35-36,38-39,41-42,45,47,51,53,76,79H,3-4,6,8-10,12,14-16,18,20-22,24,26-28,30,32-34,37,40,43-44,46,48-50,52,54-75H2,1-2H3/b7-5-,13-11-,19-17-,25-23-,31-29-,36-35-,39-38-,42-41-,47-45-,53-51-. The highest BCUT2D eigenvalue weighted by atomic mass is 16.6. The van der Waals surface area contributed by atoms with Crippen molar-refractivity contribution >= 4 is 11.9 Å². The van der Waals surface area contributed by atoms with Crippen LogP contribution in [0.25, 0.3) is 0 Å². The molecule has 83 heavy (non-hydrogen) atoms. The summed E-state index contributed by atoms with van der Waals surface area (Å²) in [6.07, 6.45) is 107. The lowest BCUT2D eigenvalue weighted by Crippen LogP contribution is -2.28. The second kappa shape index (κ2) is 72.6. The van der Waals surface area contributed by atoms with Crippen molar-refractivity contribution in [2.75, 3.05) is 13.2 Å². The molecule has 0 aromatic rings. The largest absolute Gasteiger partial charge is 0.462 e. The molecule has 0 rings (SSSR count).